The standard InChI is InChI=1S/C10H19N3O5/c1-6(12-10(11)17)8(14)13-7(9(15)16)4-3-5-18-2/h6-7H,3-5H2,1-2H3,(H,13,14)(H,15,16)(H3,11,12,17). The fourth-order valence-electron chi connectivity index (χ4n) is 1.26. The van der Waals surface area contributed by atoms with Crippen molar-refractivity contribution in [1.82, 2.24) is 10.6 Å². The first-order chi connectivity index (χ1) is 8.38. The van der Waals surface area contributed by atoms with Crippen molar-refractivity contribution in [2.24, 2.45) is 5.73 Å². The Bertz CT molecular complexity index is 308. The number of carboxylic acids is 1. The maximum atomic E-state index is 11.6. The Morgan fingerprint density at radius 3 is 2.39 bits per heavy atom. The highest BCUT2D eigenvalue weighted by molar-refractivity contribution is 5.89. The van der Waals surface area contributed by atoms with Gasteiger partial charge < -0.3 is 26.2 Å². The quantitative estimate of drug-likeness (QED) is 0.418. The number of ether oxygens (including phenoxy) is 1. The van der Waals surface area contributed by atoms with Gasteiger partial charge in [-0.2, -0.15) is 0 Å². The van der Waals surface area contributed by atoms with Gasteiger partial charge in [-0.25, -0.2) is 9.59 Å². The highest BCUT2D eigenvalue weighted by Crippen LogP contribution is 1.99. The van der Waals surface area contributed by atoms with Crippen molar-refractivity contribution in [3.05, 3.63) is 0 Å². The molecule has 18 heavy (non-hydrogen) atoms. The van der Waals surface area contributed by atoms with Crippen molar-refractivity contribution in [2.75, 3.05) is 13.7 Å². The van der Waals surface area contributed by atoms with Crippen LogP contribution in [0.25, 0.3) is 0 Å². The van der Waals surface area contributed by atoms with Gasteiger partial charge in [-0.3, -0.25) is 4.79 Å². The largest absolute Gasteiger partial charge is 0.480 e. The summed E-state index contributed by atoms with van der Waals surface area (Å²) < 4.78 is 4.80. The van der Waals surface area contributed by atoms with Gasteiger partial charge >= 0.3 is 12.0 Å². The molecule has 0 radical (unpaired) electrons. The summed E-state index contributed by atoms with van der Waals surface area (Å²) in [7, 11) is 1.51. The Morgan fingerprint density at radius 2 is 1.94 bits per heavy atom. The van der Waals surface area contributed by atoms with Crippen molar-refractivity contribution >= 4 is 17.9 Å². The van der Waals surface area contributed by atoms with Crippen molar-refractivity contribution in [1.29, 1.82) is 0 Å². The summed E-state index contributed by atoms with van der Waals surface area (Å²) in [5.41, 5.74) is 4.86. The predicted molar refractivity (Wildman–Crippen MR) is 62.9 cm³/mol. The lowest BCUT2D eigenvalue weighted by Gasteiger charge is -2.17. The number of methoxy groups -OCH3 is 1. The van der Waals surface area contributed by atoms with Gasteiger partial charge in [0.1, 0.15) is 12.1 Å². The first kappa shape index (κ1) is 16.2. The zero-order chi connectivity index (χ0) is 14.1. The van der Waals surface area contributed by atoms with E-state index in [1.807, 2.05) is 0 Å². The molecule has 8 nitrogen and oxygen atoms in total. The predicted octanol–water partition coefficient (Wildman–Crippen LogP) is -0.961. The van der Waals surface area contributed by atoms with Gasteiger partial charge in [0.25, 0.3) is 0 Å². The van der Waals surface area contributed by atoms with Crippen LogP contribution >= 0.6 is 0 Å². The molecule has 0 spiro atoms. The van der Waals surface area contributed by atoms with E-state index in [9.17, 15) is 14.4 Å². The van der Waals surface area contributed by atoms with Crippen LogP contribution in [0, 0.1) is 0 Å². The third-order valence-electron chi connectivity index (χ3n) is 2.21. The van der Waals surface area contributed by atoms with Gasteiger partial charge in [0.2, 0.25) is 5.91 Å². The number of urea groups is 1. The van der Waals surface area contributed by atoms with Crippen molar-refractivity contribution in [3.63, 3.8) is 0 Å². The van der Waals surface area contributed by atoms with Gasteiger partial charge in [-0.05, 0) is 19.8 Å². The lowest BCUT2D eigenvalue weighted by molar-refractivity contribution is -0.142. The lowest BCUT2D eigenvalue weighted by Crippen LogP contribution is -2.51. The molecule has 0 aliphatic rings. The molecular formula is C10H19N3O5. The van der Waals surface area contributed by atoms with Crippen LogP contribution in [0.4, 0.5) is 4.79 Å². The Labute approximate surface area is 105 Å². The number of amides is 3. The molecule has 0 aromatic heterocycles. The second kappa shape index (κ2) is 8.29. The average molecular weight is 261 g/mol. The maximum Gasteiger partial charge on any atom is 0.326 e. The van der Waals surface area contributed by atoms with Crippen LogP contribution in [0.2, 0.25) is 0 Å². The Hall–Kier alpha value is -1.83. The first-order valence-corrected chi connectivity index (χ1v) is 5.46. The first-order valence-electron chi connectivity index (χ1n) is 5.46. The molecule has 0 aromatic carbocycles. The summed E-state index contributed by atoms with van der Waals surface area (Å²) in [6.07, 6.45) is 0.754. The number of rotatable bonds is 8. The van der Waals surface area contributed by atoms with Crippen LogP contribution in [0.5, 0.6) is 0 Å². The summed E-state index contributed by atoms with van der Waals surface area (Å²) in [6, 6.07) is -2.74. The number of nitrogens with one attached hydrogen (secondary N) is 2. The summed E-state index contributed by atoms with van der Waals surface area (Å²) >= 11 is 0. The summed E-state index contributed by atoms with van der Waals surface area (Å²) in [5, 5.41) is 13.4. The van der Waals surface area contributed by atoms with E-state index in [1.54, 1.807) is 0 Å². The van der Waals surface area contributed by atoms with Crippen LogP contribution in [0.1, 0.15) is 19.8 Å². The highest BCUT2D eigenvalue weighted by Gasteiger charge is 2.22. The molecule has 0 saturated carbocycles. The second-order valence-corrected chi connectivity index (χ2v) is 3.76. The third kappa shape index (κ3) is 6.69. The molecule has 0 rings (SSSR count). The van der Waals surface area contributed by atoms with Crippen LogP contribution in [0.15, 0.2) is 0 Å². The molecule has 0 bridgehead atoms. The molecule has 104 valence electrons. The molecule has 0 saturated heterocycles. The third-order valence-corrected chi connectivity index (χ3v) is 2.21. The molecule has 0 heterocycles. The number of aliphatic carboxylic acids is 1. The minimum Gasteiger partial charge on any atom is -0.480 e. The Morgan fingerprint density at radius 1 is 1.33 bits per heavy atom. The van der Waals surface area contributed by atoms with E-state index in [2.05, 4.69) is 10.6 Å². The van der Waals surface area contributed by atoms with Crippen LogP contribution in [0.3, 0.4) is 0 Å². The number of hydrogen-bond donors (Lipinski definition) is 4. The monoisotopic (exact) mass is 261 g/mol. The molecule has 0 aliphatic carbocycles. The Balaban J connectivity index is 4.26. The maximum absolute atomic E-state index is 11.6. The second-order valence-electron chi connectivity index (χ2n) is 3.76. The molecule has 3 amide bonds. The smallest absolute Gasteiger partial charge is 0.326 e. The zero-order valence-corrected chi connectivity index (χ0v) is 10.4. The van der Waals surface area contributed by atoms with Gasteiger partial charge in [-0.15, -0.1) is 0 Å². The minimum absolute atomic E-state index is 0.248. The molecule has 0 aliphatic heterocycles. The molecule has 0 fully saturated rings. The SMILES string of the molecule is COCCCC(NC(=O)C(C)NC(N)=O)C(=O)O. The van der Waals surface area contributed by atoms with Gasteiger partial charge in [0, 0.05) is 13.7 Å². The summed E-state index contributed by atoms with van der Waals surface area (Å²) in [5.74, 6) is -1.73. The Kier molecular flexibility index (Phi) is 7.45. The molecule has 2 atom stereocenters. The molecular weight excluding hydrogens is 242 g/mol. The lowest BCUT2D eigenvalue weighted by atomic mass is 10.1. The number of carbonyl (C=O) groups excluding carboxylic acids is 2. The molecule has 8 heteroatoms. The topological polar surface area (TPSA) is 131 Å². The van der Waals surface area contributed by atoms with E-state index in [0.717, 1.165) is 0 Å². The van der Waals surface area contributed by atoms with Crippen molar-refractivity contribution < 1.29 is 24.2 Å². The summed E-state index contributed by atoms with van der Waals surface area (Å²) in [6.45, 7) is 1.82. The number of nitrogens with two attached hydrogens (primary N) is 1. The fraction of sp³-hybridized carbons (Fsp3) is 0.700. The van der Waals surface area contributed by atoms with Gasteiger partial charge in [0.15, 0.2) is 0 Å². The van der Waals surface area contributed by atoms with E-state index in [0.29, 0.717) is 13.0 Å². The molecule has 0 aromatic rings. The summed E-state index contributed by atoms with van der Waals surface area (Å²) in [4.78, 5) is 33.0. The number of carbonyl (C=O) groups is 3. The minimum atomic E-state index is -1.13. The van der Waals surface area contributed by atoms with E-state index >= 15 is 0 Å². The van der Waals surface area contributed by atoms with E-state index < -0.39 is 30.0 Å². The molecule has 2 unspecified atom stereocenters. The fourth-order valence-corrected chi connectivity index (χ4v) is 1.26. The number of primary amides is 1. The normalized spacial score (nSPS) is 13.4. The van der Waals surface area contributed by atoms with Crippen LogP contribution < -0.4 is 16.4 Å². The van der Waals surface area contributed by atoms with Gasteiger partial charge in [-0.1, -0.05) is 0 Å². The van der Waals surface area contributed by atoms with Gasteiger partial charge in [0.05, 0.1) is 0 Å². The van der Waals surface area contributed by atoms with E-state index in [-0.39, 0.29) is 6.42 Å². The zero-order valence-electron chi connectivity index (χ0n) is 10.4. The number of hydrogen-bond acceptors (Lipinski definition) is 4. The average Bonchev–Trinajstić information content (AvgIpc) is 2.26. The number of carboxylic acid groups (broad SMARTS) is 1. The molecule has 5 N–H and O–H groups in total. The van der Waals surface area contributed by atoms with Crippen LogP contribution in [-0.2, 0) is 14.3 Å². The van der Waals surface area contributed by atoms with E-state index in [4.69, 9.17) is 15.6 Å². The van der Waals surface area contributed by atoms with Crippen LogP contribution in [-0.4, -0.2) is 48.8 Å². The van der Waals surface area contributed by atoms with Crippen molar-refractivity contribution in [2.45, 2.75) is 31.8 Å². The van der Waals surface area contributed by atoms with Crippen molar-refractivity contribution in [3.8, 4) is 0 Å². The highest BCUT2D eigenvalue weighted by atomic mass is 16.5. The van der Waals surface area contributed by atoms with E-state index in [1.165, 1.54) is 14.0 Å².